The molecule has 1 heterocycles. The molecule has 2 N–H and O–H groups in total. The molecule has 4 heteroatoms. The van der Waals surface area contributed by atoms with Crippen molar-refractivity contribution in [3.8, 4) is 0 Å². The van der Waals surface area contributed by atoms with E-state index in [1.165, 1.54) is 0 Å². The molecular formula is C5H10O4. The normalized spacial score (nSPS) is 28.0. The minimum Gasteiger partial charge on any atom is -0.391 e. The van der Waals surface area contributed by atoms with Crippen LogP contribution in [0.5, 0.6) is 0 Å². The molecule has 1 aliphatic rings. The number of rotatable bonds is 4. The summed E-state index contributed by atoms with van der Waals surface area (Å²) in [5.74, 6) is 0. The van der Waals surface area contributed by atoms with Gasteiger partial charge >= 0.3 is 0 Å². The van der Waals surface area contributed by atoms with Gasteiger partial charge in [0.15, 0.2) is 6.29 Å². The third-order valence-corrected chi connectivity index (χ3v) is 1.03. The van der Waals surface area contributed by atoms with Crippen molar-refractivity contribution >= 4 is 0 Å². The van der Waals surface area contributed by atoms with Crippen LogP contribution in [0.15, 0.2) is 0 Å². The fraction of sp³-hybridized carbons (Fsp3) is 1.00. The van der Waals surface area contributed by atoms with Crippen molar-refractivity contribution < 1.29 is 19.7 Å². The molecule has 0 aromatic carbocycles. The SMILES string of the molecule is OCC(O)OCC1CO1. The van der Waals surface area contributed by atoms with Crippen LogP contribution in [0.3, 0.4) is 0 Å². The molecule has 4 nitrogen and oxygen atoms in total. The van der Waals surface area contributed by atoms with Crippen LogP contribution in [-0.2, 0) is 9.47 Å². The fourth-order valence-corrected chi connectivity index (χ4v) is 0.435. The maximum Gasteiger partial charge on any atom is 0.178 e. The maximum absolute atomic E-state index is 8.61. The Labute approximate surface area is 53.0 Å². The van der Waals surface area contributed by atoms with Crippen LogP contribution in [0, 0.1) is 0 Å². The summed E-state index contributed by atoms with van der Waals surface area (Å²) in [6.07, 6.45) is -0.902. The Kier molecular flexibility index (Phi) is 2.41. The lowest BCUT2D eigenvalue weighted by Gasteiger charge is -2.05. The number of aliphatic hydroxyl groups excluding tert-OH is 2. The predicted molar refractivity (Wildman–Crippen MR) is 28.8 cm³/mol. The van der Waals surface area contributed by atoms with Gasteiger partial charge in [0.25, 0.3) is 0 Å². The third kappa shape index (κ3) is 2.76. The second kappa shape index (κ2) is 3.12. The first kappa shape index (κ1) is 6.95. The van der Waals surface area contributed by atoms with E-state index in [1.54, 1.807) is 0 Å². The van der Waals surface area contributed by atoms with E-state index in [4.69, 9.17) is 19.7 Å². The van der Waals surface area contributed by atoms with Crippen molar-refractivity contribution in [1.29, 1.82) is 0 Å². The lowest BCUT2D eigenvalue weighted by atomic mass is 10.5. The van der Waals surface area contributed by atoms with Gasteiger partial charge in [-0.25, -0.2) is 0 Å². The van der Waals surface area contributed by atoms with Crippen molar-refractivity contribution in [1.82, 2.24) is 0 Å². The summed E-state index contributed by atoms with van der Waals surface area (Å²) in [5, 5.41) is 16.9. The summed E-state index contributed by atoms with van der Waals surface area (Å²) in [6.45, 7) is 0.729. The first-order valence-electron chi connectivity index (χ1n) is 2.85. The average molecular weight is 134 g/mol. The van der Waals surface area contributed by atoms with Crippen LogP contribution in [0.2, 0.25) is 0 Å². The minimum absolute atomic E-state index is 0.145. The molecule has 0 aliphatic carbocycles. The molecular weight excluding hydrogens is 124 g/mol. The molecule has 0 spiro atoms. The molecule has 1 aliphatic heterocycles. The lowest BCUT2D eigenvalue weighted by Crippen LogP contribution is -2.19. The Morgan fingerprint density at radius 1 is 1.78 bits per heavy atom. The van der Waals surface area contributed by atoms with Crippen LogP contribution in [0.1, 0.15) is 0 Å². The van der Waals surface area contributed by atoms with E-state index in [9.17, 15) is 0 Å². The molecule has 1 rings (SSSR count). The molecule has 1 fully saturated rings. The zero-order valence-electron chi connectivity index (χ0n) is 4.99. The van der Waals surface area contributed by atoms with Gasteiger partial charge in [-0.15, -0.1) is 0 Å². The van der Waals surface area contributed by atoms with E-state index < -0.39 is 6.29 Å². The van der Waals surface area contributed by atoms with Gasteiger partial charge in [-0.3, -0.25) is 0 Å². The Morgan fingerprint density at radius 3 is 2.89 bits per heavy atom. The summed E-state index contributed by atoms with van der Waals surface area (Å²) in [4.78, 5) is 0. The number of ether oxygens (including phenoxy) is 2. The highest BCUT2D eigenvalue weighted by Crippen LogP contribution is 2.08. The smallest absolute Gasteiger partial charge is 0.178 e. The predicted octanol–water partition coefficient (Wildman–Crippen LogP) is -1.29. The summed E-state index contributed by atoms with van der Waals surface area (Å²) in [7, 11) is 0. The molecule has 0 aromatic heterocycles. The van der Waals surface area contributed by atoms with Crippen molar-refractivity contribution in [2.45, 2.75) is 12.4 Å². The van der Waals surface area contributed by atoms with Gasteiger partial charge in [-0.05, 0) is 0 Å². The van der Waals surface area contributed by atoms with Gasteiger partial charge in [0.05, 0.1) is 19.8 Å². The van der Waals surface area contributed by atoms with Gasteiger partial charge < -0.3 is 19.7 Å². The van der Waals surface area contributed by atoms with Gasteiger partial charge in [0.1, 0.15) is 6.10 Å². The standard InChI is InChI=1S/C5H10O4/c6-1-5(7)9-3-4-2-8-4/h4-7H,1-3H2. The van der Waals surface area contributed by atoms with E-state index in [-0.39, 0.29) is 12.7 Å². The zero-order valence-corrected chi connectivity index (χ0v) is 4.99. The van der Waals surface area contributed by atoms with Crippen molar-refractivity contribution in [2.75, 3.05) is 19.8 Å². The van der Waals surface area contributed by atoms with Gasteiger partial charge in [0, 0.05) is 0 Å². The highest BCUT2D eigenvalue weighted by Gasteiger charge is 2.23. The lowest BCUT2D eigenvalue weighted by molar-refractivity contribution is -0.127. The molecule has 0 bridgehead atoms. The highest BCUT2D eigenvalue weighted by atomic mass is 16.6. The number of aliphatic hydroxyl groups is 2. The van der Waals surface area contributed by atoms with E-state index >= 15 is 0 Å². The van der Waals surface area contributed by atoms with Crippen LogP contribution in [0.25, 0.3) is 0 Å². The second-order valence-corrected chi connectivity index (χ2v) is 1.93. The van der Waals surface area contributed by atoms with Crippen LogP contribution < -0.4 is 0 Å². The van der Waals surface area contributed by atoms with E-state index in [2.05, 4.69) is 0 Å². The van der Waals surface area contributed by atoms with Gasteiger partial charge in [-0.1, -0.05) is 0 Å². The molecule has 0 radical (unpaired) electrons. The molecule has 1 saturated heterocycles. The summed E-state index contributed by atoms with van der Waals surface area (Å²) < 4.78 is 9.48. The molecule has 0 aromatic rings. The van der Waals surface area contributed by atoms with Gasteiger partial charge in [0.2, 0.25) is 0 Å². The summed E-state index contributed by atoms with van der Waals surface area (Å²) in [6, 6.07) is 0. The minimum atomic E-state index is -1.05. The first-order chi connectivity index (χ1) is 4.33. The third-order valence-electron chi connectivity index (χ3n) is 1.03. The first-order valence-corrected chi connectivity index (χ1v) is 2.85. The van der Waals surface area contributed by atoms with Crippen LogP contribution in [0.4, 0.5) is 0 Å². The second-order valence-electron chi connectivity index (χ2n) is 1.93. The van der Waals surface area contributed by atoms with Gasteiger partial charge in [-0.2, -0.15) is 0 Å². The van der Waals surface area contributed by atoms with Crippen LogP contribution >= 0.6 is 0 Å². The van der Waals surface area contributed by atoms with E-state index in [1.807, 2.05) is 0 Å². The monoisotopic (exact) mass is 134 g/mol. The van der Waals surface area contributed by atoms with Crippen molar-refractivity contribution in [3.63, 3.8) is 0 Å². The zero-order chi connectivity index (χ0) is 6.69. The average Bonchev–Trinajstić information content (AvgIpc) is 2.65. The number of epoxide rings is 1. The summed E-state index contributed by atoms with van der Waals surface area (Å²) >= 11 is 0. The largest absolute Gasteiger partial charge is 0.391 e. The highest BCUT2D eigenvalue weighted by molar-refractivity contribution is 4.67. The quantitative estimate of drug-likeness (QED) is 0.371. The Hall–Kier alpha value is -0.160. The Balaban J connectivity index is 1.90. The van der Waals surface area contributed by atoms with Crippen LogP contribution in [-0.4, -0.2) is 42.4 Å². The topological polar surface area (TPSA) is 62.2 Å². The van der Waals surface area contributed by atoms with Crippen molar-refractivity contribution in [2.24, 2.45) is 0 Å². The number of hydrogen-bond acceptors (Lipinski definition) is 4. The molecule has 2 unspecified atom stereocenters. The molecule has 0 amide bonds. The van der Waals surface area contributed by atoms with Crippen molar-refractivity contribution in [3.05, 3.63) is 0 Å². The molecule has 9 heavy (non-hydrogen) atoms. The Morgan fingerprint density at radius 2 is 2.44 bits per heavy atom. The van der Waals surface area contributed by atoms with E-state index in [0.29, 0.717) is 13.2 Å². The molecule has 54 valence electrons. The molecule has 2 atom stereocenters. The maximum atomic E-state index is 8.61. The fourth-order valence-electron chi connectivity index (χ4n) is 0.435. The molecule has 0 saturated carbocycles. The summed E-state index contributed by atoms with van der Waals surface area (Å²) in [5.41, 5.74) is 0. The Bertz CT molecular complexity index is 81.0. The number of hydrogen-bond donors (Lipinski definition) is 2. The van der Waals surface area contributed by atoms with E-state index in [0.717, 1.165) is 0 Å².